The fourth-order valence-corrected chi connectivity index (χ4v) is 4.59. The topological polar surface area (TPSA) is 98.5 Å². The van der Waals surface area contributed by atoms with E-state index >= 15 is 0 Å². The van der Waals surface area contributed by atoms with Crippen LogP contribution in [0.25, 0.3) is 0 Å². The quantitative estimate of drug-likeness (QED) is 0.812. The van der Waals surface area contributed by atoms with Gasteiger partial charge in [0.2, 0.25) is 0 Å². The molecule has 142 valence electrons. The maximum absolute atomic E-state index is 10.1. The van der Waals surface area contributed by atoms with Crippen molar-refractivity contribution in [1.82, 2.24) is 4.90 Å². The molecule has 1 saturated carbocycles. The fourth-order valence-electron chi connectivity index (χ4n) is 4.59. The zero-order chi connectivity index (χ0) is 20.5. The van der Waals surface area contributed by atoms with Gasteiger partial charge in [-0.1, -0.05) is 51.1 Å². The second-order valence-electron chi connectivity index (χ2n) is 7.97. The van der Waals surface area contributed by atoms with E-state index in [1.807, 2.05) is 30.3 Å². The number of nitriles is 3. The minimum Gasteiger partial charge on any atom is -0.305 e. The summed E-state index contributed by atoms with van der Waals surface area (Å²) in [6.07, 6.45) is 2.04. The molecule has 0 amide bonds. The van der Waals surface area contributed by atoms with Gasteiger partial charge in [-0.3, -0.25) is 4.90 Å². The Balaban J connectivity index is 2.20. The van der Waals surface area contributed by atoms with Crippen LogP contribution in [0.5, 0.6) is 0 Å². The largest absolute Gasteiger partial charge is 0.305 e. The smallest absolute Gasteiger partial charge is 0.189 e. The summed E-state index contributed by atoms with van der Waals surface area (Å²) in [6.45, 7) is 8.62. The molecule has 1 aromatic carbocycles. The lowest BCUT2D eigenvalue weighted by atomic mass is 9.54. The van der Waals surface area contributed by atoms with Gasteiger partial charge in [-0.2, -0.15) is 15.8 Å². The fraction of sp³-hybridized carbons (Fsp3) is 0.478. The SMILES string of the molecule is CCN1CC=C2C(C#N)C(=N)C(C#N)(C#N)[C@@H](c3ccc(C(C)C)cc3)[C@@H]2C1. The molecule has 1 unspecified atom stereocenters. The molecule has 0 radical (unpaired) electrons. The Kier molecular flexibility index (Phi) is 5.37. The van der Waals surface area contributed by atoms with Crippen LogP contribution in [0.1, 0.15) is 43.7 Å². The third-order valence-electron chi connectivity index (χ3n) is 6.28. The Hall–Kier alpha value is -2.94. The molecule has 1 aliphatic carbocycles. The molecular weight excluding hydrogens is 346 g/mol. The van der Waals surface area contributed by atoms with E-state index in [2.05, 4.69) is 43.9 Å². The van der Waals surface area contributed by atoms with Gasteiger partial charge in [0.1, 0.15) is 5.92 Å². The highest BCUT2D eigenvalue weighted by Gasteiger charge is 2.57. The summed E-state index contributed by atoms with van der Waals surface area (Å²) in [5.74, 6) is -0.994. The summed E-state index contributed by atoms with van der Waals surface area (Å²) < 4.78 is 0. The number of likely N-dealkylation sites (N-methyl/N-ethyl adjacent to an activating group) is 1. The van der Waals surface area contributed by atoms with Crippen LogP contribution in [0.3, 0.4) is 0 Å². The van der Waals surface area contributed by atoms with Gasteiger partial charge < -0.3 is 5.41 Å². The van der Waals surface area contributed by atoms with Gasteiger partial charge >= 0.3 is 0 Å². The molecule has 3 rings (SSSR count). The van der Waals surface area contributed by atoms with E-state index in [0.717, 1.165) is 24.2 Å². The van der Waals surface area contributed by atoms with Crippen molar-refractivity contribution < 1.29 is 0 Å². The van der Waals surface area contributed by atoms with Crippen LogP contribution in [0, 0.1) is 56.7 Å². The molecule has 0 bridgehead atoms. The minimum atomic E-state index is -1.63. The van der Waals surface area contributed by atoms with Crippen LogP contribution in [-0.4, -0.2) is 30.2 Å². The number of hydrogen-bond acceptors (Lipinski definition) is 5. The second-order valence-corrected chi connectivity index (χ2v) is 7.97. The highest BCUT2D eigenvalue weighted by atomic mass is 15.1. The molecule has 1 fully saturated rings. The molecular formula is C23H25N5. The first-order valence-corrected chi connectivity index (χ1v) is 9.76. The predicted molar refractivity (Wildman–Crippen MR) is 107 cm³/mol. The monoisotopic (exact) mass is 371 g/mol. The van der Waals surface area contributed by atoms with Crippen LogP contribution in [-0.2, 0) is 0 Å². The van der Waals surface area contributed by atoms with Crippen LogP contribution in [0.2, 0.25) is 0 Å². The van der Waals surface area contributed by atoms with Gasteiger partial charge in [-0.25, -0.2) is 0 Å². The van der Waals surface area contributed by atoms with Crippen LogP contribution >= 0.6 is 0 Å². The zero-order valence-electron chi connectivity index (χ0n) is 16.6. The first-order chi connectivity index (χ1) is 13.4. The van der Waals surface area contributed by atoms with Crippen molar-refractivity contribution >= 4 is 5.71 Å². The third-order valence-corrected chi connectivity index (χ3v) is 6.28. The van der Waals surface area contributed by atoms with E-state index in [-0.39, 0.29) is 11.6 Å². The second kappa shape index (κ2) is 7.59. The molecule has 28 heavy (non-hydrogen) atoms. The third kappa shape index (κ3) is 2.91. The van der Waals surface area contributed by atoms with Crippen molar-refractivity contribution in [2.24, 2.45) is 17.3 Å². The molecule has 0 aromatic heterocycles. The molecule has 1 heterocycles. The Bertz CT molecular complexity index is 906. The summed E-state index contributed by atoms with van der Waals surface area (Å²) in [6, 6.07) is 14.6. The Morgan fingerprint density at radius 1 is 1.18 bits per heavy atom. The van der Waals surface area contributed by atoms with Crippen molar-refractivity contribution in [2.45, 2.75) is 32.6 Å². The number of nitrogens with one attached hydrogen (secondary N) is 1. The summed E-state index contributed by atoms with van der Waals surface area (Å²) >= 11 is 0. The summed E-state index contributed by atoms with van der Waals surface area (Å²) in [5.41, 5.74) is 1.28. The van der Waals surface area contributed by atoms with Crippen molar-refractivity contribution in [3.63, 3.8) is 0 Å². The van der Waals surface area contributed by atoms with E-state index in [1.165, 1.54) is 5.56 Å². The molecule has 1 aromatic rings. The van der Waals surface area contributed by atoms with Gasteiger partial charge in [-0.05, 0) is 29.2 Å². The van der Waals surface area contributed by atoms with Gasteiger partial charge in [0.15, 0.2) is 5.41 Å². The Morgan fingerprint density at radius 2 is 1.82 bits per heavy atom. The van der Waals surface area contributed by atoms with Gasteiger partial charge in [-0.15, -0.1) is 0 Å². The number of fused-ring (bicyclic) bond motifs is 1. The molecule has 0 saturated heterocycles. The standard InChI is InChI=1S/C23H25N5/c1-4-28-10-9-18-19(11-24)22(27)23(13-25,14-26)21(20(18)12-28)17-7-5-16(6-8-17)15(2)3/h5-9,15,19-21,27H,4,10,12H2,1-3H3/t19?,20-,21+/m1/s1. The van der Waals surface area contributed by atoms with Crippen molar-refractivity contribution in [2.75, 3.05) is 19.6 Å². The lowest BCUT2D eigenvalue weighted by molar-refractivity contribution is 0.212. The molecule has 1 aliphatic heterocycles. The molecule has 5 heteroatoms. The number of benzene rings is 1. The van der Waals surface area contributed by atoms with Gasteiger partial charge in [0.05, 0.1) is 23.9 Å². The van der Waals surface area contributed by atoms with Crippen molar-refractivity contribution in [1.29, 1.82) is 21.2 Å². The highest BCUT2D eigenvalue weighted by Crippen LogP contribution is 2.53. The summed E-state index contributed by atoms with van der Waals surface area (Å²) in [7, 11) is 0. The van der Waals surface area contributed by atoms with E-state index in [1.54, 1.807) is 0 Å². The summed E-state index contributed by atoms with van der Waals surface area (Å²) in [5, 5.41) is 38.5. The van der Waals surface area contributed by atoms with E-state index < -0.39 is 17.3 Å². The number of hydrogen-bond donors (Lipinski definition) is 1. The Labute approximate surface area is 167 Å². The van der Waals surface area contributed by atoms with E-state index in [0.29, 0.717) is 12.5 Å². The van der Waals surface area contributed by atoms with Crippen molar-refractivity contribution in [3.05, 3.63) is 47.0 Å². The van der Waals surface area contributed by atoms with Crippen molar-refractivity contribution in [3.8, 4) is 18.2 Å². The zero-order valence-corrected chi connectivity index (χ0v) is 16.6. The normalized spacial score (nSPS) is 26.5. The maximum Gasteiger partial charge on any atom is 0.189 e. The average Bonchev–Trinajstić information content (AvgIpc) is 2.72. The molecule has 3 atom stereocenters. The molecule has 2 aliphatic rings. The Morgan fingerprint density at radius 3 is 2.32 bits per heavy atom. The average molecular weight is 371 g/mol. The van der Waals surface area contributed by atoms with Gasteiger partial charge in [0, 0.05) is 24.9 Å². The number of rotatable bonds is 3. The predicted octanol–water partition coefficient (Wildman–Crippen LogP) is 3.98. The minimum absolute atomic E-state index is 0.0783. The lowest BCUT2D eigenvalue weighted by Crippen LogP contribution is -2.52. The maximum atomic E-state index is 10.1. The van der Waals surface area contributed by atoms with E-state index in [9.17, 15) is 15.8 Å². The first kappa shape index (κ1) is 19.8. The highest BCUT2D eigenvalue weighted by molar-refractivity contribution is 6.00. The lowest BCUT2D eigenvalue weighted by Gasteiger charge is -2.47. The molecule has 1 N–H and O–H groups in total. The van der Waals surface area contributed by atoms with Crippen LogP contribution < -0.4 is 0 Å². The van der Waals surface area contributed by atoms with Crippen LogP contribution in [0.15, 0.2) is 35.9 Å². The number of nitrogens with zero attached hydrogens (tertiary/aromatic N) is 4. The molecule has 0 spiro atoms. The first-order valence-electron chi connectivity index (χ1n) is 9.76. The summed E-state index contributed by atoms with van der Waals surface area (Å²) in [4.78, 5) is 2.26. The van der Waals surface area contributed by atoms with E-state index in [4.69, 9.17) is 5.41 Å². The van der Waals surface area contributed by atoms with Gasteiger partial charge in [0.25, 0.3) is 0 Å². The molecule has 5 nitrogen and oxygen atoms in total. The van der Waals surface area contributed by atoms with Crippen LogP contribution in [0.4, 0.5) is 0 Å².